The lowest BCUT2D eigenvalue weighted by Gasteiger charge is -2.18. The van der Waals surface area contributed by atoms with Gasteiger partial charge in [-0.25, -0.2) is 0 Å². The molecular weight excluding hydrogens is 328 g/mol. The number of rotatable bonds is 9. The van der Waals surface area contributed by atoms with Gasteiger partial charge in [0, 0.05) is 24.7 Å². The maximum atomic E-state index is 12.2. The van der Waals surface area contributed by atoms with Crippen molar-refractivity contribution in [3.63, 3.8) is 0 Å². The number of benzene rings is 2. The predicted molar refractivity (Wildman–Crippen MR) is 104 cm³/mol. The molecule has 1 N–H and O–H groups in total. The number of carbonyl (C=O) groups is 1. The van der Waals surface area contributed by atoms with Crippen LogP contribution in [-0.4, -0.2) is 45.2 Å². The van der Waals surface area contributed by atoms with Gasteiger partial charge in [0.25, 0.3) is 0 Å². The molecule has 0 bridgehead atoms. The molecule has 0 aromatic heterocycles. The largest absolute Gasteiger partial charge is 0.497 e. The van der Waals surface area contributed by atoms with Gasteiger partial charge in [0.1, 0.15) is 11.5 Å². The molecule has 5 heteroatoms. The Hall–Kier alpha value is -2.53. The first-order chi connectivity index (χ1) is 12.5. The minimum Gasteiger partial charge on any atom is -0.497 e. The zero-order valence-electron chi connectivity index (χ0n) is 16.0. The highest BCUT2D eigenvalue weighted by Crippen LogP contribution is 2.25. The number of nitrogens with one attached hydrogen (secondary N) is 1. The van der Waals surface area contributed by atoms with Gasteiger partial charge >= 0.3 is 0 Å². The third-order valence-corrected chi connectivity index (χ3v) is 4.33. The molecule has 0 aliphatic rings. The average Bonchev–Trinajstić information content (AvgIpc) is 2.63. The van der Waals surface area contributed by atoms with Crippen molar-refractivity contribution in [3.8, 4) is 11.5 Å². The van der Waals surface area contributed by atoms with Crippen molar-refractivity contribution in [1.29, 1.82) is 0 Å². The fraction of sp³-hybridized carbons (Fsp3) is 0.381. The fourth-order valence-corrected chi connectivity index (χ4v) is 2.86. The van der Waals surface area contributed by atoms with E-state index in [0.29, 0.717) is 19.6 Å². The number of carbonyl (C=O) groups excluding carboxylic acids is 1. The molecule has 1 amide bonds. The van der Waals surface area contributed by atoms with E-state index in [1.807, 2.05) is 42.3 Å². The van der Waals surface area contributed by atoms with Gasteiger partial charge in [-0.05, 0) is 37.6 Å². The van der Waals surface area contributed by atoms with E-state index >= 15 is 0 Å². The molecule has 0 unspecified atom stereocenters. The lowest BCUT2D eigenvalue weighted by Crippen LogP contribution is -2.35. The normalized spacial score (nSPS) is 10.7. The summed E-state index contributed by atoms with van der Waals surface area (Å²) in [6, 6.07) is 14.0. The van der Waals surface area contributed by atoms with Gasteiger partial charge in [0.2, 0.25) is 5.91 Å². The summed E-state index contributed by atoms with van der Waals surface area (Å²) in [6.45, 7) is 3.69. The molecule has 0 heterocycles. The Morgan fingerprint density at radius 2 is 1.85 bits per heavy atom. The second-order valence-corrected chi connectivity index (χ2v) is 6.38. The number of methoxy groups -OCH3 is 2. The smallest absolute Gasteiger partial charge is 0.234 e. The zero-order valence-corrected chi connectivity index (χ0v) is 16.0. The number of hydrogen-bond acceptors (Lipinski definition) is 4. The highest BCUT2D eigenvalue weighted by molar-refractivity contribution is 5.78. The zero-order chi connectivity index (χ0) is 18.9. The maximum Gasteiger partial charge on any atom is 0.234 e. The maximum absolute atomic E-state index is 12.2. The molecule has 0 fully saturated rings. The van der Waals surface area contributed by atoms with Crippen LogP contribution in [0.25, 0.3) is 0 Å². The van der Waals surface area contributed by atoms with Gasteiger partial charge in [-0.1, -0.05) is 30.3 Å². The number of amides is 1. The van der Waals surface area contributed by atoms with Crippen molar-refractivity contribution in [2.75, 3.05) is 34.4 Å². The average molecular weight is 356 g/mol. The van der Waals surface area contributed by atoms with Crippen LogP contribution < -0.4 is 14.8 Å². The van der Waals surface area contributed by atoms with Crippen molar-refractivity contribution >= 4 is 5.91 Å². The van der Waals surface area contributed by atoms with Crippen molar-refractivity contribution in [2.24, 2.45) is 0 Å². The van der Waals surface area contributed by atoms with E-state index in [-0.39, 0.29) is 5.91 Å². The van der Waals surface area contributed by atoms with E-state index in [1.54, 1.807) is 14.2 Å². The topological polar surface area (TPSA) is 50.8 Å². The van der Waals surface area contributed by atoms with E-state index < -0.39 is 0 Å². The molecule has 140 valence electrons. The van der Waals surface area contributed by atoms with Gasteiger partial charge in [-0.3, -0.25) is 9.69 Å². The van der Waals surface area contributed by atoms with Crippen LogP contribution in [0.2, 0.25) is 0 Å². The highest BCUT2D eigenvalue weighted by atomic mass is 16.5. The predicted octanol–water partition coefficient (Wildman–Crippen LogP) is 2.80. The van der Waals surface area contributed by atoms with Crippen LogP contribution in [-0.2, 0) is 17.8 Å². The Bertz CT molecular complexity index is 731. The van der Waals surface area contributed by atoms with Gasteiger partial charge in [-0.2, -0.15) is 0 Å². The summed E-state index contributed by atoms with van der Waals surface area (Å²) in [5, 5.41) is 2.99. The van der Waals surface area contributed by atoms with Crippen molar-refractivity contribution in [1.82, 2.24) is 10.2 Å². The SMILES string of the molecule is COc1ccc(CN(C)CC(=O)NCCc2ccccc2C)c(OC)c1. The van der Waals surface area contributed by atoms with Crippen LogP contribution in [0, 0.1) is 6.92 Å². The third kappa shape index (κ3) is 5.77. The van der Waals surface area contributed by atoms with Crippen molar-refractivity contribution in [3.05, 3.63) is 59.2 Å². The van der Waals surface area contributed by atoms with Crippen LogP contribution in [0.15, 0.2) is 42.5 Å². The summed E-state index contributed by atoms with van der Waals surface area (Å²) in [5.41, 5.74) is 3.54. The number of likely N-dealkylation sites (N-methyl/N-ethyl adjacent to an activating group) is 1. The van der Waals surface area contributed by atoms with E-state index in [1.165, 1.54) is 11.1 Å². The van der Waals surface area contributed by atoms with Crippen LogP contribution in [0.3, 0.4) is 0 Å². The van der Waals surface area contributed by atoms with Crippen LogP contribution >= 0.6 is 0 Å². The van der Waals surface area contributed by atoms with E-state index in [4.69, 9.17) is 9.47 Å². The molecule has 0 saturated carbocycles. The summed E-state index contributed by atoms with van der Waals surface area (Å²) in [5.74, 6) is 1.53. The van der Waals surface area contributed by atoms with E-state index in [0.717, 1.165) is 23.5 Å². The van der Waals surface area contributed by atoms with Crippen molar-refractivity contribution in [2.45, 2.75) is 19.9 Å². The second-order valence-electron chi connectivity index (χ2n) is 6.38. The molecular formula is C21H28N2O3. The Balaban J connectivity index is 1.81. The molecule has 0 spiro atoms. The van der Waals surface area contributed by atoms with E-state index in [2.05, 4.69) is 24.4 Å². The molecule has 0 aliphatic carbocycles. The Morgan fingerprint density at radius 1 is 1.08 bits per heavy atom. The van der Waals surface area contributed by atoms with Gasteiger partial charge < -0.3 is 14.8 Å². The van der Waals surface area contributed by atoms with Crippen LogP contribution in [0.1, 0.15) is 16.7 Å². The second kappa shape index (κ2) is 9.82. The first-order valence-electron chi connectivity index (χ1n) is 8.74. The molecule has 2 aromatic carbocycles. The van der Waals surface area contributed by atoms with Gasteiger partial charge in [-0.15, -0.1) is 0 Å². The van der Waals surface area contributed by atoms with Crippen LogP contribution in [0.4, 0.5) is 0 Å². The molecule has 0 saturated heterocycles. The molecule has 2 rings (SSSR count). The molecule has 0 radical (unpaired) electrons. The van der Waals surface area contributed by atoms with E-state index in [9.17, 15) is 4.79 Å². The molecule has 2 aromatic rings. The molecule has 26 heavy (non-hydrogen) atoms. The first kappa shape index (κ1) is 19.8. The van der Waals surface area contributed by atoms with Gasteiger partial charge in [0.15, 0.2) is 0 Å². The standard InChI is InChI=1S/C21H28N2O3/c1-16-7-5-6-8-17(16)11-12-22-21(24)15-23(2)14-18-9-10-19(25-3)13-20(18)26-4/h5-10,13H,11-12,14-15H2,1-4H3,(H,22,24). The Morgan fingerprint density at radius 3 is 2.54 bits per heavy atom. The van der Waals surface area contributed by atoms with Crippen LogP contribution in [0.5, 0.6) is 11.5 Å². The minimum absolute atomic E-state index is 0.0218. The quantitative estimate of drug-likeness (QED) is 0.751. The summed E-state index contributed by atoms with van der Waals surface area (Å²) < 4.78 is 10.6. The summed E-state index contributed by atoms with van der Waals surface area (Å²) in [6.07, 6.45) is 0.842. The first-order valence-corrected chi connectivity index (χ1v) is 8.74. The Labute approximate surface area is 155 Å². The summed E-state index contributed by atoms with van der Waals surface area (Å²) in [4.78, 5) is 14.1. The number of hydrogen-bond donors (Lipinski definition) is 1. The summed E-state index contributed by atoms with van der Waals surface area (Å²) in [7, 11) is 5.18. The molecule has 0 atom stereocenters. The number of ether oxygens (including phenoxy) is 2. The minimum atomic E-state index is 0.0218. The fourth-order valence-electron chi connectivity index (χ4n) is 2.86. The van der Waals surface area contributed by atoms with Gasteiger partial charge in [0.05, 0.1) is 20.8 Å². The third-order valence-electron chi connectivity index (χ3n) is 4.33. The monoisotopic (exact) mass is 356 g/mol. The highest BCUT2D eigenvalue weighted by Gasteiger charge is 2.11. The number of aryl methyl sites for hydroxylation is 1. The Kier molecular flexibility index (Phi) is 7.48. The lowest BCUT2D eigenvalue weighted by molar-refractivity contribution is -0.122. The molecule has 5 nitrogen and oxygen atoms in total. The summed E-state index contributed by atoms with van der Waals surface area (Å²) >= 11 is 0. The molecule has 0 aliphatic heterocycles. The number of nitrogens with zero attached hydrogens (tertiary/aromatic N) is 1. The van der Waals surface area contributed by atoms with Crippen molar-refractivity contribution < 1.29 is 14.3 Å². The lowest BCUT2D eigenvalue weighted by atomic mass is 10.1.